The first-order valence-electron chi connectivity index (χ1n) is 8.31. The van der Waals surface area contributed by atoms with Gasteiger partial charge >= 0.3 is 0 Å². The fourth-order valence-electron chi connectivity index (χ4n) is 3.99. The van der Waals surface area contributed by atoms with E-state index in [1.54, 1.807) is 0 Å². The number of hydrogen-bond donors (Lipinski definition) is 0. The van der Waals surface area contributed by atoms with Crippen molar-refractivity contribution in [3.05, 3.63) is 81.9 Å². The Balaban J connectivity index is 1.87. The molecule has 0 radical (unpaired) electrons. The third-order valence-electron chi connectivity index (χ3n) is 5.05. The molecule has 2 aliphatic carbocycles. The summed E-state index contributed by atoms with van der Waals surface area (Å²) in [6.07, 6.45) is 7.02. The van der Waals surface area contributed by atoms with Crippen molar-refractivity contribution in [3.8, 4) is 0 Å². The van der Waals surface area contributed by atoms with Gasteiger partial charge in [-0.3, -0.25) is 0 Å². The van der Waals surface area contributed by atoms with Crippen molar-refractivity contribution in [3.63, 3.8) is 0 Å². The van der Waals surface area contributed by atoms with E-state index in [0.717, 1.165) is 0 Å². The highest BCUT2D eigenvalue weighted by Crippen LogP contribution is 2.50. The van der Waals surface area contributed by atoms with E-state index >= 15 is 0 Å². The van der Waals surface area contributed by atoms with E-state index in [1.807, 2.05) is 0 Å². The summed E-state index contributed by atoms with van der Waals surface area (Å²) in [6, 6.07) is 17.8. The van der Waals surface area contributed by atoms with Gasteiger partial charge in [-0.25, -0.2) is 0 Å². The molecule has 0 amide bonds. The second kappa shape index (κ2) is 4.70. The minimum atomic E-state index is 0.0616. The van der Waals surface area contributed by atoms with E-state index in [1.165, 1.54) is 48.3 Å². The molecule has 0 unspecified atom stereocenters. The van der Waals surface area contributed by atoms with Gasteiger partial charge in [-0.1, -0.05) is 78.3 Å². The summed E-state index contributed by atoms with van der Waals surface area (Å²) in [6.45, 7) is 4.52. The van der Waals surface area contributed by atoms with Crippen LogP contribution in [0.15, 0.2) is 70.7 Å². The molecule has 24 heavy (non-hydrogen) atoms. The third-order valence-corrected chi connectivity index (χ3v) is 5.71. The van der Waals surface area contributed by atoms with Crippen molar-refractivity contribution >= 4 is 49.1 Å². The predicted octanol–water partition coefficient (Wildman–Crippen LogP) is 7.09. The predicted molar refractivity (Wildman–Crippen MR) is 108 cm³/mol. The Hall–Kier alpha value is -2.12. The largest absolute Gasteiger partial charge is 0.0665 e. The summed E-state index contributed by atoms with van der Waals surface area (Å²) < 4.78 is 1.20. The smallest absolute Gasteiger partial charge is 0.0222 e. The van der Waals surface area contributed by atoms with Crippen molar-refractivity contribution in [1.29, 1.82) is 0 Å². The third kappa shape index (κ3) is 1.98. The summed E-state index contributed by atoms with van der Waals surface area (Å²) in [7, 11) is 0. The lowest BCUT2D eigenvalue weighted by molar-refractivity contribution is 0.623. The van der Waals surface area contributed by atoms with Crippen molar-refractivity contribution in [1.82, 2.24) is 0 Å². The molecule has 0 fully saturated rings. The van der Waals surface area contributed by atoms with Crippen LogP contribution >= 0.6 is 15.9 Å². The minimum absolute atomic E-state index is 0.0616. The van der Waals surface area contributed by atoms with Crippen LogP contribution in [0.25, 0.3) is 33.2 Å². The lowest BCUT2D eigenvalue weighted by atomic mass is 9.82. The van der Waals surface area contributed by atoms with Gasteiger partial charge in [-0.05, 0) is 62.0 Å². The molecule has 5 rings (SSSR count). The van der Waals surface area contributed by atoms with Gasteiger partial charge in [0.2, 0.25) is 0 Å². The molecule has 116 valence electrons. The van der Waals surface area contributed by atoms with Crippen molar-refractivity contribution < 1.29 is 0 Å². The molecule has 0 atom stereocenters. The van der Waals surface area contributed by atoms with Gasteiger partial charge in [0.15, 0.2) is 0 Å². The molecule has 0 spiro atoms. The quantitative estimate of drug-likeness (QED) is 0.369. The normalized spacial score (nSPS) is 18.0. The number of halogens is 1. The van der Waals surface area contributed by atoms with Gasteiger partial charge in [-0.15, -0.1) is 0 Å². The molecule has 1 heteroatoms. The zero-order valence-corrected chi connectivity index (χ0v) is 15.3. The molecule has 0 N–H and O–H groups in total. The summed E-state index contributed by atoms with van der Waals surface area (Å²) in [4.78, 5) is 0. The highest BCUT2D eigenvalue weighted by molar-refractivity contribution is 9.12. The average molecular weight is 373 g/mol. The molecule has 0 nitrogen and oxygen atoms in total. The van der Waals surface area contributed by atoms with Crippen LogP contribution in [0, 0.1) is 5.41 Å². The molecule has 0 heterocycles. The number of allylic oxidation sites excluding steroid dienone is 5. The molecular weight excluding hydrogens is 356 g/mol. The first-order valence-corrected chi connectivity index (χ1v) is 9.11. The lowest BCUT2D eigenvalue weighted by Crippen LogP contribution is -2.09. The van der Waals surface area contributed by atoms with Gasteiger partial charge in [0.25, 0.3) is 0 Å². The van der Waals surface area contributed by atoms with E-state index in [2.05, 4.69) is 96.5 Å². The fourth-order valence-corrected chi connectivity index (χ4v) is 4.90. The first-order chi connectivity index (χ1) is 11.5. The SMILES string of the molecule is CC1(C)C=C(Br)C2=Cc3ccc4cc5ccccc5cc4c3C2=C1. The van der Waals surface area contributed by atoms with Crippen LogP contribution in [0.2, 0.25) is 0 Å². The van der Waals surface area contributed by atoms with E-state index in [9.17, 15) is 0 Å². The Morgan fingerprint density at radius 2 is 1.54 bits per heavy atom. The maximum Gasteiger partial charge on any atom is 0.0222 e. The topological polar surface area (TPSA) is 0 Å². The molecule has 3 aromatic carbocycles. The Morgan fingerprint density at radius 3 is 2.33 bits per heavy atom. The van der Waals surface area contributed by atoms with Gasteiger partial charge in [-0.2, -0.15) is 0 Å². The van der Waals surface area contributed by atoms with Gasteiger partial charge in [0, 0.05) is 9.90 Å². The summed E-state index contributed by atoms with van der Waals surface area (Å²) in [5, 5.41) is 5.26. The number of hydrogen-bond acceptors (Lipinski definition) is 0. The first kappa shape index (κ1) is 14.2. The van der Waals surface area contributed by atoms with Crippen molar-refractivity contribution in [2.75, 3.05) is 0 Å². The molecule has 0 aliphatic heterocycles. The Morgan fingerprint density at radius 1 is 0.792 bits per heavy atom. The molecule has 0 bridgehead atoms. The monoisotopic (exact) mass is 372 g/mol. The molecule has 0 saturated carbocycles. The minimum Gasteiger partial charge on any atom is -0.0665 e. The number of rotatable bonds is 0. The zero-order chi connectivity index (χ0) is 16.5. The maximum absolute atomic E-state index is 3.79. The second-order valence-electron chi connectivity index (χ2n) is 7.38. The molecule has 0 aromatic heterocycles. The molecule has 3 aromatic rings. The van der Waals surface area contributed by atoms with Crippen LogP contribution in [0.3, 0.4) is 0 Å². The maximum atomic E-state index is 3.79. The van der Waals surface area contributed by atoms with Gasteiger partial charge < -0.3 is 0 Å². The van der Waals surface area contributed by atoms with Crippen LogP contribution in [0.1, 0.15) is 25.0 Å². The fraction of sp³-hybridized carbons (Fsp3) is 0.130. The van der Waals surface area contributed by atoms with E-state index in [0.29, 0.717) is 0 Å². The Kier molecular flexibility index (Phi) is 2.79. The van der Waals surface area contributed by atoms with Crippen molar-refractivity contribution in [2.24, 2.45) is 5.41 Å². The van der Waals surface area contributed by atoms with Crippen LogP contribution in [-0.2, 0) is 0 Å². The Labute approximate surface area is 150 Å². The highest BCUT2D eigenvalue weighted by Gasteiger charge is 2.29. The Bertz CT molecular complexity index is 1120. The summed E-state index contributed by atoms with van der Waals surface area (Å²) in [5.41, 5.74) is 5.44. The summed E-state index contributed by atoms with van der Waals surface area (Å²) >= 11 is 3.79. The van der Waals surface area contributed by atoms with Crippen LogP contribution < -0.4 is 0 Å². The lowest BCUT2D eigenvalue weighted by Gasteiger charge is -2.25. The zero-order valence-electron chi connectivity index (χ0n) is 13.7. The van der Waals surface area contributed by atoms with Crippen LogP contribution in [0.5, 0.6) is 0 Å². The van der Waals surface area contributed by atoms with Gasteiger partial charge in [0.05, 0.1) is 0 Å². The van der Waals surface area contributed by atoms with Crippen LogP contribution in [0.4, 0.5) is 0 Å². The standard InChI is InChI=1S/C23H17Br/c1-23(2)12-20-19(21(24)13-23)11-17-8-7-16-9-14-5-3-4-6-15(14)10-18(16)22(17)20/h3-13H,1-2H3. The van der Waals surface area contributed by atoms with Gasteiger partial charge in [0.1, 0.15) is 0 Å². The number of benzene rings is 3. The second-order valence-corrected chi connectivity index (χ2v) is 8.23. The number of fused-ring (bicyclic) bond motifs is 6. The van der Waals surface area contributed by atoms with E-state index < -0.39 is 0 Å². The highest BCUT2D eigenvalue weighted by atomic mass is 79.9. The van der Waals surface area contributed by atoms with E-state index in [-0.39, 0.29) is 5.41 Å². The van der Waals surface area contributed by atoms with Crippen molar-refractivity contribution in [2.45, 2.75) is 13.8 Å². The average Bonchev–Trinajstić information content (AvgIpc) is 2.91. The van der Waals surface area contributed by atoms with E-state index in [4.69, 9.17) is 0 Å². The molecule has 0 saturated heterocycles. The summed E-state index contributed by atoms with van der Waals surface area (Å²) in [5.74, 6) is 0. The van der Waals surface area contributed by atoms with Crippen LogP contribution in [-0.4, -0.2) is 0 Å². The molecule has 2 aliphatic rings. The molecular formula is C23H17Br.